The summed E-state index contributed by atoms with van der Waals surface area (Å²) in [6.45, 7) is 9.30. The Kier molecular flexibility index (Phi) is 5.44. The van der Waals surface area contributed by atoms with E-state index in [-0.39, 0.29) is 0 Å². The van der Waals surface area contributed by atoms with Crippen molar-refractivity contribution in [1.29, 1.82) is 0 Å². The fraction of sp³-hybridized carbons (Fsp3) is 0.647. The van der Waals surface area contributed by atoms with Gasteiger partial charge in [-0.25, -0.2) is 0 Å². The summed E-state index contributed by atoms with van der Waals surface area (Å²) in [6.07, 6.45) is 2.26. The van der Waals surface area contributed by atoms with E-state index in [1.54, 1.807) is 0 Å². The zero-order valence-corrected chi connectivity index (χ0v) is 13.3. The first-order chi connectivity index (χ1) is 9.58. The summed E-state index contributed by atoms with van der Waals surface area (Å²) in [5, 5.41) is 3.47. The molecule has 0 spiro atoms. The first-order valence-corrected chi connectivity index (χ1v) is 7.71. The minimum absolute atomic E-state index is 0.528. The third-order valence-corrected chi connectivity index (χ3v) is 4.09. The van der Waals surface area contributed by atoms with E-state index in [1.807, 2.05) is 0 Å². The van der Waals surface area contributed by atoms with Crippen molar-refractivity contribution >= 4 is 5.69 Å². The van der Waals surface area contributed by atoms with Gasteiger partial charge in [0.15, 0.2) is 0 Å². The minimum Gasteiger partial charge on any atom is -0.381 e. The van der Waals surface area contributed by atoms with Crippen LogP contribution in [0.25, 0.3) is 0 Å². The van der Waals surface area contributed by atoms with E-state index >= 15 is 0 Å². The maximum absolute atomic E-state index is 5.45. The van der Waals surface area contributed by atoms with Crippen LogP contribution in [0.3, 0.4) is 0 Å². The zero-order chi connectivity index (χ0) is 14.5. The van der Waals surface area contributed by atoms with Gasteiger partial charge in [-0.3, -0.25) is 0 Å². The molecule has 0 amide bonds. The number of nitrogens with one attached hydrogen (secondary N) is 1. The number of hydrogen-bond donors (Lipinski definition) is 1. The van der Waals surface area contributed by atoms with Crippen LogP contribution in [-0.2, 0) is 11.3 Å². The Morgan fingerprint density at radius 2 is 2.00 bits per heavy atom. The average molecular weight is 276 g/mol. The van der Waals surface area contributed by atoms with Gasteiger partial charge in [-0.15, -0.1) is 0 Å². The Bertz CT molecular complexity index is 425. The van der Waals surface area contributed by atoms with E-state index in [9.17, 15) is 0 Å². The van der Waals surface area contributed by atoms with Crippen LogP contribution in [0, 0.1) is 6.92 Å². The van der Waals surface area contributed by atoms with Crippen LogP contribution in [-0.4, -0.2) is 32.3 Å². The van der Waals surface area contributed by atoms with Crippen LogP contribution in [0.4, 0.5) is 5.69 Å². The number of ether oxygens (including phenoxy) is 1. The van der Waals surface area contributed by atoms with Crippen LogP contribution >= 0.6 is 0 Å². The molecule has 112 valence electrons. The maximum Gasteiger partial charge on any atom is 0.0485 e. The number of anilines is 1. The van der Waals surface area contributed by atoms with Crippen molar-refractivity contribution in [2.75, 3.05) is 25.2 Å². The molecule has 1 fully saturated rings. The minimum atomic E-state index is 0.528. The summed E-state index contributed by atoms with van der Waals surface area (Å²) >= 11 is 0. The molecule has 3 nitrogen and oxygen atoms in total. The van der Waals surface area contributed by atoms with Gasteiger partial charge < -0.3 is 15.0 Å². The first kappa shape index (κ1) is 15.3. The standard InChI is InChI=1S/C17H28N2O/c1-13(2)18-12-15-5-6-17(14(3)11-15)19(4)16-7-9-20-10-8-16/h5-6,11,13,16,18H,7-10,12H2,1-4H3. The van der Waals surface area contributed by atoms with Crippen molar-refractivity contribution in [3.05, 3.63) is 29.3 Å². The number of hydrogen-bond acceptors (Lipinski definition) is 3. The second-order valence-corrected chi connectivity index (χ2v) is 6.11. The molecule has 1 aromatic carbocycles. The Balaban J connectivity index is 2.04. The number of rotatable bonds is 5. The molecule has 20 heavy (non-hydrogen) atoms. The van der Waals surface area contributed by atoms with Gasteiger partial charge in [0.1, 0.15) is 0 Å². The molecule has 3 heteroatoms. The molecule has 1 aliphatic rings. The molecule has 0 aliphatic carbocycles. The lowest BCUT2D eigenvalue weighted by molar-refractivity contribution is 0.0854. The second-order valence-electron chi connectivity index (χ2n) is 6.11. The van der Waals surface area contributed by atoms with Gasteiger partial charge in [-0.2, -0.15) is 0 Å². The fourth-order valence-corrected chi connectivity index (χ4v) is 2.81. The van der Waals surface area contributed by atoms with Crippen molar-refractivity contribution in [2.24, 2.45) is 0 Å². The van der Waals surface area contributed by atoms with Gasteiger partial charge in [-0.05, 0) is 37.0 Å². The Hall–Kier alpha value is -1.06. The van der Waals surface area contributed by atoms with Crippen molar-refractivity contribution in [3.8, 4) is 0 Å². The van der Waals surface area contributed by atoms with Crippen LogP contribution in [0.2, 0.25) is 0 Å². The van der Waals surface area contributed by atoms with Gasteiger partial charge in [-0.1, -0.05) is 26.0 Å². The topological polar surface area (TPSA) is 24.5 Å². The first-order valence-electron chi connectivity index (χ1n) is 7.71. The van der Waals surface area contributed by atoms with E-state index in [2.05, 4.69) is 56.2 Å². The molecule has 1 aromatic rings. The van der Waals surface area contributed by atoms with Gasteiger partial charge >= 0.3 is 0 Å². The number of benzene rings is 1. The third-order valence-electron chi connectivity index (χ3n) is 4.09. The normalized spacial score (nSPS) is 16.6. The van der Waals surface area contributed by atoms with Gasteiger partial charge in [0.25, 0.3) is 0 Å². The van der Waals surface area contributed by atoms with Crippen LogP contribution in [0.1, 0.15) is 37.8 Å². The van der Waals surface area contributed by atoms with Gasteiger partial charge in [0, 0.05) is 44.6 Å². The number of nitrogens with zero attached hydrogens (tertiary/aromatic N) is 1. The second kappa shape index (κ2) is 7.09. The third kappa shape index (κ3) is 3.97. The van der Waals surface area contributed by atoms with Crippen LogP contribution in [0.15, 0.2) is 18.2 Å². The molecule has 0 saturated carbocycles. The molecule has 0 bridgehead atoms. The van der Waals surface area contributed by atoms with Crippen LogP contribution in [0.5, 0.6) is 0 Å². The molecule has 2 rings (SSSR count). The molecular formula is C17H28N2O. The molecule has 0 aromatic heterocycles. The smallest absolute Gasteiger partial charge is 0.0485 e. The molecule has 1 N–H and O–H groups in total. The predicted octanol–water partition coefficient (Wildman–Crippen LogP) is 3.11. The molecule has 0 radical (unpaired) electrons. The monoisotopic (exact) mass is 276 g/mol. The van der Waals surface area contributed by atoms with Crippen molar-refractivity contribution in [2.45, 2.75) is 52.2 Å². The summed E-state index contributed by atoms with van der Waals surface area (Å²) in [6, 6.07) is 7.96. The summed E-state index contributed by atoms with van der Waals surface area (Å²) in [4.78, 5) is 2.43. The van der Waals surface area contributed by atoms with E-state index in [0.717, 1.165) is 32.6 Å². The van der Waals surface area contributed by atoms with E-state index in [0.29, 0.717) is 12.1 Å². The van der Waals surface area contributed by atoms with Crippen molar-refractivity contribution in [1.82, 2.24) is 5.32 Å². The molecular weight excluding hydrogens is 248 g/mol. The highest BCUT2D eigenvalue weighted by molar-refractivity contribution is 5.54. The number of aryl methyl sites for hydroxylation is 1. The highest BCUT2D eigenvalue weighted by Gasteiger charge is 2.19. The van der Waals surface area contributed by atoms with Crippen LogP contribution < -0.4 is 10.2 Å². The quantitative estimate of drug-likeness (QED) is 0.894. The maximum atomic E-state index is 5.45. The highest BCUT2D eigenvalue weighted by atomic mass is 16.5. The fourth-order valence-electron chi connectivity index (χ4n) is 2.81. The summed E-state index contributed by atoms with van der Waals surface area (Å²) in [7, 11) is 2.21. The lowest BCUT2D eigenvalue weighted by Gasteiger charge is -2.34. The van der Waals surface area contributed by atoms with E-state index in [4.69, 9.17) is 4.74 Å². The van der Waals surface area contributed by atoms with E-state index < -0.39 is 0 Å². The zero-order valence-electron chi connectivity index (χ0n) is 13.3. The lowest BCUT2D eigenvalue weighted by Crippen LogP contribution is -2.37. The van der Waals surface area contributed by atoms with Gasteiger partial charge in [0.05, 0.1) is 0 Å². The Morgan fingerprint density at radius 1 is 1.30 bits per heavy atom. The Labute approximate surface area is 123 Å². The van der Waals surface area contributed by atoms with Crippen molar-refractivity contribution in [3.63, 3.8) is 0 Å². The molecule has 1 heterocycles. The predicted molar refractivity (Wildman–Crippen MR) is 85.4 cm³/mol. The molecule has 0 unspecified atom stereocenters. The molecule has 1 saturated heterocycles. The largest absolute Gasteiger partial charge is 0.381 e. The highest BCUT2D eigenvalue weighted by Crippen LogP contribution is 2.25. The van der Waals surface area contributed by atoms with Crippen molar-refractivity contribution < 1.29 is 4.74 Å². The van der Waals surface area contributed by atoms with Gasteiger partial charge in [0.2, 0.25) is 0 Å². The molecule has 0 atom stereocenters. The average Bonchev–Trinajstić information content (AvgIpc) is 2.45. The summed E-state index contributed by atoms with van der Waals surface area (Å²) < 4.78 is 5.45. The lowest BCUT2D eigenvalue weighted by atomic mass is 10.0. The van der Waals surface area contributed by atoms with E-state index in [1.165, 1.54) is 16.8 Å². The molecule has 1 aliphatic heterocycles. The Morgan fingerprint density at radius 3 is 2.60 bits per heavy atom. The summed E-state index contributed by atoms with van der Waals surface area (Å²) in [5.41, 5.74) is 4.08. The summed E-state index contributed by atoms with van der Waals surface area (Å²) in [5.74, 6) is 0. The SMILES string of the molecule is Cc1cc(CNC(C)C)ccc1N(C)C1CCOCC1.